The minimum absolute atomic E-state index is 0.0944. The van der Waals surface area contributed by atoms with Crippen LogP contribution < -0.4 is 5.32 Å². The SMILES string of the molecule is Cc1noc(C)c1C(C)NC(=O)c1ccccc1. The summed E-state index contributed by atoms with van der Waals surface area (Å²) in [6, 6.07) is 9.02. The lowest BCUT2D eigenvalue weighted by Crippen LogP contribution is -2.27. The summed E-state index contributed by atoms with van der Waals surface area (Å²) in [4.78, 5) is 12.0. The molecule has 0 fully saturated rings. The van der Waals surface area contributed by atoms with Crippen LogP contribution >= 0.6 is 0 Å². The molecule has 94 valence electrons. The van der Waals surface area contributed by atoms with Crippen molar-refractivity contribution in [1.82, 2.24) is 10.5 Å². The smallest absolute Gasteiger partial charge is 0.251 e. The van der Waals surface area contributed by atoms with Crippen LogP contribution in [0.1, 0.15) is 40.3 Å². The van der Waals surface area contributed by atoms with Crippen molar-refractivity contribution in [2.24, 2.45) is 0 Å². The zero-order valence-electron chi connectivity index (χ0n) is 10.7. The molecule has 0 aliphatic carbocycles. The van der Waals surface area contributed by atoms with E-state index in [0.29, 0.717) is 5.56 Å². The van der Waals surface area contributed by atoms with E-state index in [0.717, 1.165) is 17.0 Å². The number of hydrogen-bond donors (Lipinski definition) is 1. The van der Waals surface area contributed by atoms with Gasteiger partial charge in [0.05, 0.1) is 11.7 Å². The molecule has 0 saturated carbocycles. The van der Waals surface area contributed by atoms with Gasteiger partial charge in [-0.15, -0.1) is 0 Å². The lowest BCUT2D eigenvalue weighted by Gasteiger charge is -2.13. The van der Waals surface area contributed by atoms with Gasteiger partial charge in [-0.05, 0) is 32.9 Å². The third-order valence-electron chi connectivity index (χ3n) is 2.91. The summed E-state index contributed by atoms with van der Waals surface area (Å²) in [7, 11) is 0. The van der Waals surface area contributed by atoms with Crippen molar-refractivity contribution in [3.63, 3.8) is 0 Å². The summed E-state index contributed by atoms with van der Waals surface area (Å²) in [5.74, 6) is 0.650. The van der Waals surface area contributed by atoms with E-state index in [9.17, 15) is 4.79 Å². The number of carbonyl (C=O) groups excluding carboxylic acids is 1. The number of aromatic nitrogens is 1. The highest BCUT2D eigenvalue weighted by Crippen LogP contribution is 2.21. The van der Waals surface area contributed by atoms with Crippen molar-refractivity contribution in [3.05, 3.63) is 52.9 Å². The zero-order valence-corrected chi connectivity index (χ0v) is 10.7. The molecule has 2 aromatic rings. The summed E-state index contributed by atoms with van der Waals surface area (Å²) in [6.45, 7) is 5.64. The largest absolute Gasteiger partial charge is 0.361 e. The second-order valence-electron chi connectivity index (χ2n) is 4.30. The number of hydrogen-bond acceptors (Lipinski definition) is 3. The molecule has 1 N–H and O–H groups in total. The van der Waals surface area contributed by atoms with Gasteiger partial charge in [-0.3, -0.25) is 4.79 Å². The molecule has 0 aliphatic rings. The van der Waals surface area contributed by atoms with Gasteiger partial charge in [0.25, 0.3) is 5.91 Å². The maximum Gasteiger partial charge on any atom is 0.251 e. The van der Waals surface area contributed by atoms with E-state index in [2.05, 4.69) is 10.5 Å². The molecule has 1 aromatic heterocycles. The molecular formula is C14H16N2O2. The Hall–Kier alpha value is -2.10. The quantitative estimate of drug-likeness (QED) is 0.903. The van der Waals surface area contributed by atoms with E-state index >= 15 is 0 Å². The normalized spacial score (nSPS) is 12.2. The van der Waals surface area contributed by atoms with Gasteiger partial charge in [-0.1, -0.05) is 23.4 Å². The number of benzene rings is 1. The van der Waals surface area contributed by atoms with Crippen LogP contribution in [0, 0.1) is 13.8 Å². The predicted molar refractivity (Wildman–Crippen MR) is 68.3 cm³/mol. The first-order valence-electron chi connectivity index (χ1n) is 5.88. The number of nitrogens with zero attached hydrogens (tertiary/aromatic N) is 1. The zero-order chi connectivity index (χ0) is 13.1. The van der Waals surface area contributed by atoms with Crippen LogP contribution in [0.25, 0.3) is 0 Å². The van der Waals surface area contributed by atoms with Gasteiger partial charge in [0.1, 0.15) is 5.76 Å². The van der Waals surface area contributed by atoms with Gasteiger partial charge in [0.2, 0.25) is 0 Å². The van der Waals surface area contributed by atoms with Crippen molar-refractivity contribution < 1.29 is 9.32 Å². The minimum Gasteiger partial charge on any atom is -0.361 e. The van der Waals surface area contributed by atoms with E-state index in [1.54, 1.807) is 12.1 Å². The monoisotopic (exact) mass is 244 g/mol. The van der Waals surface area contributed by atoms with Gasteiger partial charge in [0.15, 0.2) is 0 Å². The van der Waals surface area contributed by atoms with E-state index in [1.807, 2.05) is 39.0 Å². The lowest BCUT2D eigenvalue weighted by molar-refractivity contribution is 0.0939. The van der Waals surface area contributed by atoms with Crippen LogP contribution in [0.2, 0.25) is 0 Å². The van der Waals surface area contributed by atoms with Crippen molar-refractivity contribution in [3.8, 4) is 0 Å². The Morgan fingerprint density at radius 1 is 1.28 bits per heavy atom. The molecule has 4 heteroatoms. The summed E-state index contributed by atoms with van der Waals surface area (Å²) in [6.07, 6.45) is 0. The molecule has 1 heterocycles. The molecule has 4 nitrogen and oxygen atoms in total. The fraction of sp³-hybridized carbons (Fsp3) is 0.286. The molecule has 0 bridgehead atoms. The van der Waals surface area contributed by atoms with Gasteiger partial charge in [-0.2, -0.15) is 0 Å². The van der Waals surface area contributed by atoms with Crippen LogP contribution in [0.15, 0.2) is 34.9 Å². The van der Waals surface area contributed by atoms with Gasteiger partial charge in [-0.25, -0.2) is 0 Å². The minimum atomic E-state index is -0.121. The Kier molecular flexibility index (Phi) is 3.46. The third-order valence-corrected chi connectivity index (χ3v) is 2.91. The number of nitrogens with one attached hydrogen (secondary N) is 1. The summed E-state index contributed by atoms with van der Waals surface area (Å²) in [5.41, 5.74) is 2.41. The summed E-state index contributed by atoms with van der Waals surface area (Å²) in [5, 5.41) is 6.83. The Bertz CT molecular complexity index is 527. The van der Waals surface area contributed by atoms with Crippen molar-refractivity contribution >= 4 is 5.91 Å². The Labute approximate surface area is 106 Å². The average molecular weight is 244 g/mol. The first-order chi connectivity index (χ1) is 8.59. The summed E-state index contributed by atoms with van der Waals surface area (Å²) >= 11 is 0. The topological polar surface area (TPSA) is 55.1 Å². The molecule has 0 aliphatic heterocycles. The lowest BCUT2D eigenvalue weighted by atomic mass is 10.1. The van der Waals surface area contributed by atoms with Gasteiger partial charge >= 0.3 is 0 Å². The number of amides is 1. The van der Waals surface area contributed by atoms with Gasteiger partial charge in [0, 0.05) is 11.1 Å². The fourth-order valence-electron chi connectivity index (χ4n) is 2.05. The second-order valence-corrected chi connectivity index (χ2v) is 4.30. The van der Waals surface area contributed by atoms with Crippen LogP contribution in [0.4, 0.5) is 0 Å². The van der Waals surface area contributed by atoms with E-state index < -0.39 is 0 Å². The van der Waals surface area contributed by atoms with E-state index in [-0.39, 0.29) is 11.9 Å². The highest BCUT2D eigenvalue weighted by molar-refractivity contribution is 5.94. The molecule has 1 aromatic carbocycles. The first kappa shape index (κ1) is 12.4. The number of rotatable bonds is 3. The van der Waals surface area contributed by atoms with Crippen LogP contribution in [0.5, 0.6) is 0 Å². The molecule has 1 amide bonds. The van der Waals surface area contributed by atoms with Gasteiger partial charge < -0.3 is 9.84 Å². The molecule has 0 spiro atoms. The van der Waals surface area contributed by atoms with Crippen LogP contribution in [-0.2, 0) is 0 Å². The number of aryl methyl sites for hydroxylation is 2. The summed E-state index contributed by atoms with van der Waals surface area (Å²) < 4.78 is 5.10. The Morgan fingerprint density at radius 3 is 2.50 bits per heavy atom. The highest BCUT2D eigenvalue weighted by Gasteiger charge is 2.18. The molecule has 2 rings (SSSR count). The van der Waals surface area contributed by atoms with Crippen LogP contribution in [0.3, 0.4) is 0 Å². The highest BCUT2D eigenvalue weighted by atomic mass is 16.5. The molecular weight excluding hydrogens is 228 g/mol. The second kappa shape index (κ2) is 5.04. The fourth-order valence-corrected chi connectivity index (χ4v) is 2.05. The number of carbonyl (C=O) groups is 1. The predicted octanol–water partition coefficient (Wildman–Crippen LogP) is 2.78. The third kappa shape index (κ3) is 2.42. The molecule has 0 saturated heterocycles. The van der Waals surface area contributed by atoms with E-state index in [1.165, 1.54) is 0 Å². The standard InChI is InChI=1S/C14H16N2O2/c1-9(13-10(2)16-18-11(13)3)15-14(17)12-7-5-4-6-8-12/h4-9H,1-3H3,(H,15,17). The first-order valence-corrected chi connectivity index (χ1v) is 5.88. The van der Waals surface area contributed by atoms with Crippen molar-refractivity contribution in [2.45, 2.75) is 26.8 Å². The Morgan fingerprint density at radius 2 is 1.94 bits per heavy atom. The maximum absolute atomic E-state index is 12.0. The van der Waals surface area contributed by atoms with Crippen molar-refractivity contribution in [2.75, 3.05) is 0 Å². The maximum atomic E-state index is 12.0. The van der Waals surface area contributed by atoms with Crippen LogP contribution in [-0.4, -0.2) is 11.1 Å². The molecule has 1 atom stereocenters. The molecule has 1 unspecified atom stereocenters. The molecule has 0 radical (unpaired) electrons. The average Bonchev–Trinajstić information content (AvgIpc) is 2.70. The van der Waals surface area contributed by atoms with Crippen molar-refractivity contribution in [1.29, 1.82) is 0 Å². The Balaban J connectivity index is 2.13. The molecule has 18 heavy (non-hydrogen) atoms. The van der Waals surface area contributed by atoms with E-state index in [4.69, 9.17) is 4.52 Å².